The first-order valence-electron chi connectivity index (χ1n) is 7.21. The smallest absolute Gasteiger partial charge is 0.0347 e. The Kier molecular flexibility index (Phi) is 4.60. The van der Waals surface area contributed by atoms with Gasteiger partial charge in [-0.3, -0.25) is 4.90 Å². The number of rotatable bonds is 4. The fourth-order valence-electron chi connectivity index (χ4n) is 3.14. The third-order valence-electron chi connectivity index (χ3n) is 4.23. The Morgan fingerprint density at radius 3 is 2.44 bits per heavy atom. The van der Waals surface area contributed by atoms with Crippen molar-refractivity contribution in [2.45, 2.75) is 45.6 Å². The van der Waals surface area contributed by atoms with E-state index in [0.29, 0.717) is 6.04 Å². The molecule has 1 aliphatic heterocycles. The van der Waals surface area contributed by atoms with E-state index in [0.717, 1.165) is 6.42 Å². The maximum atomic E-state index is 2.53. The van der Waals surface area contributed by atoms with Gasteiger partial charge in [0.25, 0.3) is 0 Å². The van der Waals surface area contributed by atoms with Crippen molar-refractivity contribution in [1.29, 1.82) is 0 Å². The highest BCUT2D eigenvalue weighted by atomic mass is 15.1. The molecule has 18 heavy (non-hydrogen) atoms. The van der Waals surface area contributed by atoms with Crippen molar-refractivity contribution in [2.24, 2.45) is 0 Å². The van der Waals surface area contributed by atoms with Gasteiger partial charge in [0.15, 0.2) is 0 Å². The lowest BCUT2D eigenvalue weighted by molar-refractivity contribution is 0.250. The predicted octanol–water partition coefficient (Wildman–Crippen LogP) is 4.05. The zero-order chi connectivity index (χ0) is 13.0. The van der Waals surface area contributed by atoms with Crippen LogP contribution in [0.3, 0.4) is 0 Å². The molecule has 0 saturated carbocycles. The molecule has 1 heterocycles. The van der Waals surface area contributed by atoms with Crippen LogP contribution in [0.4, 0.5) is 0 Å². The molecule has 2 rings (SSSR count). The molecule has 98 valence electrons. The Morgan fingerprint density at radius 1 is 1.11 bits per heavy atom. The number of hydrogen-bond donors (Lipinski definition) is 0. The van der Waals surface area contributed by atoms with Gasteiger partial charge in [-0.15, -0.1) is 0 Å². The van der Waals surface area contributed by atoms with Crippen molar-refractivity contribution in [3.05, 3.63) is 47.0 Å². The number of nitrogens with zero attached hydrogens (tertiary/aromatic N) is 1. The van der Waals surface area contributed by atoms with Crippen LogP contribution in [-0.4, -0.2) is 24.5 Å². The van der Waals surface area contributed by atoms with Crippen LogP contribution >= 0.6 is 0 Å². The first-order chi connectivity index (χ1) is 8.76. The van der Waals surface area contributed by atoms with Crippen LogP contribution in [0, 0.1) is 0 Å². The van der Waals surface area contributed by atoms with Crippen molar-refractivity contribution in [1.82, 2.24) is 4.90 Å². The van der Waals surface area contributed by atoms with E-state index >= 15 is 0 Å². The lowest BCUT2D eigenvalue weighted by atomic mass is 9.86. The van der Waals surface area contributed by atoms with Crippen LogP contribution in [0.25, 0.3) is 0 Å². The summed E-state index contributed by atoms with van der Waals surface area (Å²) in [6.45, 7) is 5.82. The summed E-state index contributed by atoms with van der Waals surface area (Å²) in [6.07, 6.45) is 4.85. The highest BCUT2D eigenvalue weighted by molar-refractivity contribution is 5.27. The SMILES string of the molecule is CCC1=C(CC)[C@@H](Cc2ccccc2)N(C)CC1. The molecule has 0 radical (unpaired) electrons. The van der Waals surface area contributed by atoms with Gasteiger partial charge in [-0.25, -0.2) is 0 Å². The van der Waals surface area contributed by atoms with Gasteiger partial charge in [0.2, 0.25) is 0 Å². The van der Waals surface area contributed by atoms with E-state index in [1.54, 1.807) is 11.1 Å². The zero-order valence-electron chi connectivity index (χ0n) is 11.9. The summed E-state index contributed by atoms with van der Waals surface area (Å²) in [5, 5.41) is 0. The molecule has 0 aliphatic carbocycles. The molecule has 1 aromatic rings. The molecule has 1 nitrogen and oxygen atoms in total. The molecule has 0 N–H and O–H groups in total. The van der Waals surface area contributed by atoms with Crippen molar-refractivity contribution < 1.29 is 0 Å². The standard InChI is InChI=1S/C17H25N/c1-4-15-11-12-18(3)17(16(15)5-2)13-14-9-7-6-8-10-14/h6-10,17H,4-5,11-13H2,1-3H3/t17-/m1/s1. The van der Waals surface area contributed by atoms with E-state index in [-0.39, 0.29) is 0 Å². The molecule has 1 heteroatoms. The first-order valence-corrected chi connectivity index (χ1v) is 7.21. The van der Waals surface area contributed by atoms with Crippen molar-refractivity contribution in [2.75, 3.05) is 13.6 Å². The van der Waals surface area contributed by atoms with Crippen LogP contribution in [0.5, 0.6) is 0 Å². The Morgan fingerprint density at radius 2 is 1.83 bits per heavy atom. The Labute approximate surface area is 112 Å². The van der Waals surface area contributed by atoms with Gasteiger partial charge in [0.05, 0.1) is 0 Å². The summed E-state index contributed by atoms with van der Waals surface area (Å²) in [5.74, 6) is 0. The Hall–Kier alpha value is -1.08. The Bertz CT molecular complexity index is 405. The molecule has 0 bridgehead atoms. The molecule has 0 aromatic heterocycles. The van der Waals surface area contributed by atoms with Gasteiger partial charge >= 0.3 is 0 Å². The molecule has 0 saturated heterocycles. The van der Waals surface area contributed by atoms with E-state index in [9.17, 15) is 0 Å². The molecule has 0 spiro atoms. The Balaban J connectivity index is 2.23. The summed E-state index contributed by atoms with van der Waals surface area (Å²) in [7, 11) is 2.27. The van der Waals surface area contributed by atoms with Crippen LogP contribution in [0.1, 0.15) is 38.7 Å². The number of hydrogen-bond acceptors (Lipinski definition) is 1. The number of benzene rings is 1. The maximum absolute atomic E-state index is 2.53. The molecule has 1 aliphatic rings. The van der Waals surface area contributed by atoms with Gasteiger partial charge in [-0.05, 0) is 38.3 Å². The summed E-state index contributed by atoms with van der Waals surface area (Å²) in [6, 6.07) is 11.5. The molecule has 1 atom stereocenters. The molecule has 0 unspecified atom stereocenters. The lowest BCUT2D eigenvalue weighted by Crippen LogP contribution is -2.39. The maximum Gasteiger partial charge on any atom is 0.0347 e. The third-order valence-corrected chi connectivity index (χ3v) is 4.23. The topological polar surface area (TPSA) is 3.24 Å². The van der Waals surface area contributed by atoms with Crippen LogP contribution in [0.15, 0.2) is 41.5 Å². The minimum Gasteiger partial charge on any atom is -0.299 e. The zero-order valence-corrected chi connectivity index (χ0v) is 11.9. The molecule has 0 amide bonds. The second-order valence-corrected chi connectivity index (χ2v) is 5.27. The van der Waals surface area contributed by atoms with Gasteiger partial charge in [-0.1, -0.05) is 55.3 Å². The summed E-state index contributed by atoms with van der Waals surface area (Å²) in [4.78, 5) is 2.53. The molecular weight excluding hydrogens is 218 g/mol. The largest absolute Gasteiger partial charge is 0.299 e. The van der Waals surface area contributed by atoms with Gasteiger partial charge in [0, 0.05) is 12.6 Å². The summed E-state index contributed by atoms with van der Waals surface area (Å²) >= 11 is 0. The second kappa shape index (κ2) is 6.19. The van der Waals surface area contributed by atoms with E-state index in [1.807, 2.05) is 0 Å². The van der Waals surface area contributed by atoms with Crippen LogP contribution < -0.4 is 0 Å². The average Bonchev–Trinajstić information content (AvgIpc) is 2.42. The van der Waals surface area contributed by atoms with E-state index in [1.165, 1.54) is 31.4 Å². The number of likely N-dealkylation sites (N-methyl/N-ethyl adjacent to an activating group) is 1. The highest BCUT2D eigenvalue weighted by Gasteiger charge is 2.25. The van der Waals surface area contributed by atoms with E-state index in [2.05, 4.69) is 56.1 Å². The highest BCUT2D eigenvalue weighted by Crippen LogP contribution is 2.29. The fourth-order valence-corrected chi connectivity index (χ4v) is 3.14. The normalized spacial score (nSPS) is 21.4. The monoisotopic (exact) mass is 243 g/mol. The van der Waals surface area contributed by atoms with E-state index in [4.69, 9.17) is 0 Å². The molecular formula is C17H25N. The van der Waals surface area contributed by atoms with Crippen LogP contribution in [0.2, 0.25) is 0 Å². The van der Waals surface area contributed by atoms with Gasteiger partial charge in [-0.2, -0.15) is 0 Å². The fraction of sp³-hybridized carbons (Fsp3) is 0.529. The molecule has 1 aromatic carbocycles. The predicted molar refractivity (Wildman–Crippen MR) is 78.8 cm³/mol. The quantitative estimate of drug-likeness (QED) is 0.721. The minimum atomic E-state index is 0.612. The average molecular weight is 243 g/mol. The van der Waals surface area contributed by atoms with Crippen molar-refractivity contribution in [3.63, 3.8) is 0 Å². The lowest BCUT2D eigenvalue weighted by Gasteiger charge is -2.36. The van der Waals surface area contributed by atoms with Crippen molar-refractivity contribution in [3.8, 4) is 0 Å². The van der Waals surface area contributed by atoms with Gasteiger partial charge in [0.1, 0.15) is 0 Å². The third kappa shape index (κ3) is 2.84. The summed E-state index contributed by atoms with van der Waals surface area (Å²) < 4.78 is 0. The molecule has 0 fully saturated rings. The van der Waals surface area contributed by atoms with Crippen LogP contribution in [-0.2, 0) is 6.42 Å². The first kappa shape index (κ1) is 13.4. The van der Waals surface area contributed by atoms with Crippen molar-refractivity contribution >= 4 is 0 Å². The van der Waals surface area contributed by atoms with E-state index < -0.39 is 0 Å². The van der Waals surface area contributed by atoms with Gasteiger partial charge < -0.3 is 0 Å². The summed E-state index contributed by atoms with van der Waals surface area (Å²) in [5.41, 5.74) is 4.85. The minimum absolute atomic E-state index is 0.612. The second-order valence-electron chi connectivity index (χ2n) is 5.27.